The van der Waals surface area contributed by atoms with Crippen LogP contribution in [0.25, 0.3) is 0 Å². The molecule has 2 atom stereocenters. The number of nitrogens with one attached hydrogen (secondary N) is 1. The van der Waals surface area contributed by atoms with Crippen molar-refractivity contribution in [3.05, 3.63) is 143 Å². The number of benzene rings is 4. The Bertz CT molecular complexity index is 1330. The van der Waals surface area contributed by atoms with Crippen molar-refractivity contribution in [3.63, 3.8) is 0 Å². The first kappa shape index (κ1) is 23.8. The fourth-order valence-electron chi connectivity index (χ4n) is 4.70. The molecular weight excluding hydrogens is 472 g/mol. The maximum absolute atomic E-state index is 13.8. The van der Waals surface area contributed by atoms with Gasteiger partial charge in [0.2, 0.25) is 0 Å². The van der Waals surface area contributed by atoms with Gasteiger partial charge in [-0.15, -0.1) is 5.06 Å². The van der Waals surface area contributed by atoms with E-state index in [0.717, 1.165) is 16.7 Å². The molecule has 0 saturated carbocycles. The minimum Gasteiger partial charge on any atom is -0.365 e. The zero-order valence-electron chi connectivity index (χ0n) is 19.5. The number of hydrogen-bond acceptors (Lipinski definition) is 4. The number of halogens is 1. The summed E-state index contributed by atoms with van der Waals surface area (Å²) in [4.78, 5) is 33.2. The van der Waals surface area contributed by atoms with Gasteiger partial charge in [-0.3, -0.25) is 4.79 Å². The SMILES string of the molecule is O=C(N[C@@]1(Cc2ccccc2)C(=O)ON(Cc2ccccc2)[C@@H]1c1ccc(Cl)cc1)c1ccccc1. The van der Waals surface area contributed by atoms with Crippen LogP contribution in [0.2, 0.25) is 5.02 Å². The Hall–Kier alpha value is -3.93. The van der Waals surface area contributed by atoms with E-state index in [9.17, 15) is 9.59 Å². The van der Waals surface area contributed by atoms with E-state index in [0.29, 0.717) is 17.1 Å². The van der Waals surface area contributed by atoms with Crippen molar-refractivity contribution in [1.82, 2.24) is 10.4 Å². The number of hydroxylamine groups is 2. The van der Waals surface area contributed by atoms with Gasteiger partial charge in [-0.25, -0.2) is 4.79 Å². The van der Waals surface area contributed by atoms with E-state index in [-0.39, 0.29) is 12.3 Å². The van der Waals surface area contributed by atoms with Crippen LogP contribution in [0.5, 0.6) is 0 Å². The van der Waals surface area contributed by atoms with Crippen molar-refractivity contribution < 1.29 is 14.4 Å². The molecule has 4 aromatic carbocycles. The Kier molecular flexibility index (Phi) is 6.85. The van der Waals surface area contributed by atoms with Crippen molar-refractivity contribution in [1.29, 1.82) is 0 Å². The Morgan fingerprint density at radius 3 is 1.97 bits per heavy atom. The van der Waals surface area contributed by atoms with Gasteiger partial charge >= 0.3 is 5.97 Å². The second kappa shape index (κ2) is 10.4. The molecule has 0 unspecified atom stereocenters. The Morgan fingerprint density at radius 1 is 0.806 bits per heavy atom. The van der Waals surface area contributed by atoms with Crippen LogP contribution in [-0.2, 0) is 22.6 Å². The first-order valence-electron chi connectivity index (χ1n) is 11.7. The molecule has 1 amide bonds. The van der Waals surface area contributed by atoms with Gasteiger partial charge in [-0.05, 0) is 41.0 Å². The molecule has 6 heteroatoms. The van der Waals surface area contributed by atoms with Crippen molar-refractivity contribution >= 4 is 23.5 Å². The predicted octanol–water partition coefficient (Wildman–Crippen LogP) is 5.77. The summed E-state index contributed by atoms with van der Waals surface area (Å²) in [5.74, 6) is -0.851. The van der Waals surface area contributed by atoms with Crippen molar-refractivity contribution in [2.75, 3.05) is 0 Å². The summed E-state index contributed by atoms with van der Waals surface area (Å²) in [6, 6.07) is 35.0. The lowest BCUT2D eigenvalue weighted by Gasteiger charge is -2.34. The van der Waals surface area contributed by atoms with Crippen LogP contribution in [0.1, 0.15) is 33.1 Å². The van der Waals surface area contributed by atoms with Gasteiger partial charge in [0, 0.05) is 17.0 Å². The molecule has 4 aromatic rings. The number of carbonyl (C=O) groups excluding carboxylic acids is 2. The fourth-order valence-corrected chi connectivity index (χ4v) is 4.82. The van der Waals surface area contributed by atoms with Gasteiger partial charge in [0.1, 0.15) is 6.04 Å². The van der Waals surface area contributed by atoms with Crippen LogP contribution >= 0.6 is 11.6 Å². The predicted molar refractivity (Wildman–Crippen MR) is 139 cm³/mol. The number of hydrogen-bond donors (Lipinski definition) is 1. The highest BCUT2D eigenvalue weighted by molar-refractivity contribution is 6.30. The summed E-state index contributed by atoms with van der Waals surface area (Å²) in [6.45, 7) is 0.359. The maximum atomic E-state index is 13.8. The third kappa shape index (κ3) is 4.89. The van der Waals surface area contributed by atoms with Gasteiger partial charge in [0.15, 0.2) is 5.54 Å². The second-order valence-corrected chi connectivity index (χ2v) is 9.28. The monoisotopic (exact) mass is 496 g/mol. The lowest BCUT2D eigenvalue weighted by Crippen LogP contribution is -2.57. The number of carbonyl (C=O) groups is 2. The molecule has 0 aliphatic carbocycles. The van der Waals surface area contributed by atoms with Crippen molar-refractivity contribution in [2.45, 2.75) is 24.5 Å². The van der Waals surface area contributed by atoms with Crippen LogP contribution in [0.15, 0.2) is 115 Å². The average Bonchev–Trinajstić information content (AvgIpc) is 3.16. The molecule has 1 aliphatic heterocycles. The molecule has 0 radical (unpaired) electrons. The highest BCUT2D eigenvalue weighted by Gasteiger charge is 2.58. The van der Waals surface area contributed by atoms with Crippen LogP contribution in [-0.4, -0.2) is 22.5 Å². The Balaban J connectivity index is 1.62. The number of amides is 1. The molecule has 1 N–H and O–H groups in total. The Labute approximate surface area is 215 Å². The molecule has 0 bridgehead atoms. The van der Waals surface area contributed by atoms with Gasteiger partial charge < -0.3 is 10.2 Å². The lowest BCUT2D eigenvalue weighted by atomic mass is 9.80. The van der Waals surface area contributed by atoms with E-state index < -0.39 is 17.6 Å². The minimum atomic E-state index is -1.38. The summed E-state index contributed by atoms with van der Waals surface area (Å²) in [7, 11) is 0. The maximum Gasteiger partial charge on any atom is 0.353 e. The minimum absolute atomic E-state index is 0.254. The number of nitrogens with zero attached hydrogens (tertiary/aromatic N) is 1. The van der Waals surface area contributed by atoms with E-state index in [1.165, 1.54) is 0 Å². The smallest absolute Gasteiger partial charge is 0.353 e. The lowest BCUT2D eigenvalue weighted by molar-refractivity contribution is -0.178. The molecule has 36 heavy (non-hydrogen) atoms. The van der Waals surface area contributed by atoms with Gasteiger partial charge in [-0.1, -0.05) is 103 Å². The van der Waals surface area contributed by atoms with Gasteiger partial charge in [-0.2, -0.15) is 0 Å². The van der Waals surface area contributed by atoms with Crippen LogP contribution < -0.4 is 5.32 Å². The zero-order valence-corrected chi connectivity index (χ0v) is 20.3. The molecule has 180 valence electrons. The second-order valence-electron chi connectivity index (χ2n) is 8.85. The van der Waals surface area contributed by atoms with E-state index in [1.54, 1.807) is 41.5 Å². The molecule has 1 aliphatic rings. The fraction of sp³-hybridized carbons (Fsp3) is 0.133. The quantitative estimate of drug-likeness (QED) is 0.353. The normalized spacial score (nSPS) is 19.6. The molecule has 5 rings (SSSR count). The summed E-state index contributed by atoms with van der Waals surface area (Å²) in [5.41, 5.74) is 1.79. The standard InChI is InChI=1S/C30H25ClN2O3/c31-26-18-16-24(17-19-26)27-30(20-22-10-4-1-5-11-22,32-28(34)25-14-8-3-9-15-25)29(35)36-33(27)21-23-12-6-2-7-13-23/h1-19,27H,20-21H2,(H,32,34)/t27-,30-/m1/s1. The molecular formula is C30H25ClN2O3. The van der Waals surface area contributed by atoms with Crippen LogP contribution in [0.4, 0.5) is 0 Å². The molecule has 0 aromatic heterocycles. The first-order chi connectivity index (χ1) is 17.5. The molecule has 0 spiro atoms. The third-order valence-electron chi connectivity index (χ3n) is 6.38. The van der Waals surface area contributed by atoms with E-state index in [1.807, 2.05) is 78.9 Å². The van der Waals surface area contributed by atoms with Crippen molar-refractivity contribution in [2.24, 2.45) is 0 Å². The molecule has 1 fully saturated rings. The van der Waals surface area contributed by atoms with E-state index in [2.05, 4.69) is 5.32 Å². The molecule has 5 nitrogen and oxygen atoms in total. The van der Waals surface area contributed by atoms with E-state index >= 15 is 0 Å². The third-order valence-corrected chi connectivity index (χ3v) is 6.64. The highest BCUT2D eigenvalue weighted by Crippen LogP contribution is 2.43. The first-order valence-corrected chi connectivity index (χ1v) is 12.1. The molecule has 1 saturated heterocycles. The highest BCUT2D eigenvalue weighted by atomic mass is 35.5. The summed E-state index contributed by atoms with van der Waals surface area (Å²) >= 11 is 6.20. The van der Waals surface area contributed by atoms with Gasteiger partial charge in [0.25, 0.3) is 5.91 Å². The summed E-state index contributed by atoms with van der Waals surface area (Å²) in [6.07, 6.45) is 0.254. The van der Waals surface area contributed by atoms with Crippen LogP contribution in [0.3, 0.4) is 0 Å². The topological polar surface area (TPSA) is 58.6 Å². The van der Waals surface area contributed by atoms with Gasteiger partial charge in [0.05, 0.1) is 6.54 Å². The summed E-state index contributed by atoms with van der Waals surface area (Å²) in [5, 5.41) is 5.34. The number of rotatable bonds is 7. The average molecular weight is 497 g/mol. The molecule has 1 heterocycles. The van der Waals surface area contributed by atoms with Crippen molar-refractivity contribution in [3.8, 4) is 0 Å². The Morgan fingerprint density at radius 2 is 1.36 bits per heavy atom. The van der Waals surface area contributed by atoms with Crippen LogP contribution in [0, 0.1) is 0 Å². The zero-order chi connectivity index (χ0) is 25.0. The largest absolute Gasteiger partial charge is 0.365 e. The summed E-state index contributed by atoms with van der Waals surface area (Å²) < 4.78 is 0. The van der Waals surface area contributed by atoms with E-state index in [4.69, 9.17) is 16.4 Å².